The summed E-state index contributed by atoms with van der Waals surface area (Å²) in [5, 5.41) is 0. The maximum Gasteiger partial charge on any atom is 0.0143 e. The minimum atomic E-state index is 0.670. The van der Waals surface area contributed by atoms with Gasteiger partial charge in [0, 0.05) is 9.65 Å². The third-order valence-corrected chi connectivity index (χ3v) is 2.88. The zero-order valence-corrected chi connectivity index (χ0v) is 9.20. The van der Waals surface area contributed by atoms with Crippen LogP contribution < -0.4 is 0 Å². The lowest BCUT2D eigenvalue weighted by Crippen LogP contribution is -1.99. The molecule has 0 N–H and O–H groups in total. The molecule has 0 heterocycles. The summed E-state index contributed by atoms with van der Waals surface area (Å²) in [5.41, 5.74) is 0. The first-order valence-corrected chi connectivity index (χ1v) is 5.28. The highest BCUT2D eigenvalue weighted by atomic mass is 79.9. The molecule has 9 heavy (non-hydrogen) atoms. The average molecular weight is 258 g/mol. The lowest BCUT2D eigenvalue weighted by molar-refractivity contribution is 0.691. The number of alkyl halides is 2. The van der Waals surface area contributed by atoms with Gasteiger partial charge in [0.05, 0.1) is 0 Å². The van der Waals surface area contributed by atoms with Gasteiger partial charge in [0.2, 0.25) is 0 Å². The molecule has 0 aliphatic heterocycles. The highest BCUT2D eigenvalue weighted by Crippen LogP contribution is 2.15. The van der Waals surface area contributed by atoms with E-state index in [1.807, 2.05) is 0 Å². The van der Waals surface area contributed by atoms with Gasteiger partial charge in [-0.05, 0) is 19.3 Å². The fourth-order valence-electron chi connectivity index (χ4n) is 0.615. The van der Waals surface area contributed by atoms with Crippen molar-refractivity contribution in [3.63, 3.8) is 0 Å². The summed E-state index contributed by atoms with van der Waals surface area (Å²) in [6.07, 6.45) is 3.78. The van der Waals surface area contributed by atoms with Gasteiger partial charge in [-0.25, -0.2) is 0 Å². The highest BCUT2D eigenvalue weighted by Gasteiger charge is 2.02. The molecule has 0 bridgehead atoms. The van der Waals surface area contributed by atoms with Gasteiger partial charge in [-0.2, -0.15) is 0 Å². The topological polar surface area (TPSA) is 0 Å². The maximum absolute atomic E-state index is 3.58. The number of halogens is 2. The highest BCUT2D eigenvalue weighted by molar-refractivity contribution is 9.09. The fraction of sp³-hybridized carbons (Fsp3) is 1.00. The summed E-state index contributed by atoms with van der Waals surface area (Å²) in [4.78, 5) is 1.39. The Bertz CT molecular complexity index is 61.9. The molecule has 0 fully saturated rings. The van der Waals surface area contributed by atoms with Crippen LogP contribution in [0.25, 0.3) is 0 Å². The first-order valence-electron chi connectivity index (χ1n) is 3.45. The Morgan fingerprint density at radius 3 is 2.11 bits per heavy atom. The summed E-state index contributed by atoms with van der Waals surface area (Å²) in [7, 11) is 0. The predicted octanol–water partition coefficient (Wildman–Crippen LogP) is 3.72. The van der Waals surface area contributed by atoms with Gasteiger partial charge in [0.25, 0.3) is 0 Å². The van der Waals surface area contributed by atoms with Crippen molar-refractivity contribution in [3.05, 3.63) is 0 Å². The molecule has 2 unspecified atom stereocenters. The van der Waals surface area contributed by atoms with Crippen molar-refractivity contribution >= 4 is 31.9 Å². The molecule has 0 amide bonds. The van der Waals surface area contributed by atoms with E-state index in [2.05, 4.69) is 45.7 Å². The van der Waals surface area contributed by atoms with E-state index in [0.29, 0.717) is 4.83 Å². The van der Waals surface area contributed by atoms with Crippen LogP contribution in [0.3, 0.4) is 0 Å². The first kappa shape index (κ1) is 9.96. The van der Waals surface area contributed by atoms with Crippen LogP contribution >= 0.6 is 31.9 Å². The zero-order chi connectivity index (χ0) is 7.28. The summed E-state index contributed by atoms with van der Waals surface area (Å²) >= 11 is 7.10. The van der Waals surface area contributed by atoms with Crippen LogP contribution in [-0.4, -0.2) is 9.65 Å². The van der Waals surface area contributed by atoms with E-state index in [0.717, 1.165) is 4.83 Å². The van der Waals surface area contributed by atoms with E-state index in [4.69, 9.17) is 0 Å². The molecule has 2 heteroatoms. The molecule has 0 radical (unpaired) electrons. The van der Waals surface area contributed by atoms with Crippen molar-refractivity contribution in [2.75, 3.05) is 0 Å². The molecule has 0 nitrogen and oxygen atoms in total. The van der Waals surface area contributed by atoms with Gasteiger partial charge in [0.15, 0.2) is 0 Å². The van der Waals surface area contributed by atoms with Crippen LogP contribution in [-0.2, 0) is 0 Å². The van der Waals surface area contributed by atoms with Crippen molar-refractivity contribution in [1.82, 2.24) is 0 Å². The molecular weight excluding hydrogens is 244 g/mol. The Morgan fingerprint density at radius 2 is 1.78 bits per heavy atom. The smallest absolute Gasteiger partial charge is 0.0143 e. The first-order chi connectivity index (χ1) is 4.16. The second-order valence-electron chi connectivity index (χ2n) is 2.36. The minimum Gasteiger partial charge on any atom is -0.0894 e. The molecule has 0 aliphatic rings. The Balaban J connectivity index is 3.06. The van der Waals surface area contributed by atoms with Crippen LogP contribution in [0, 0.1) is 0 Å². The molecule has 0 aliphatic carbocycles. The second-order valence-corrected chi connectivity index (χ2v) is 5.22. The van der Waals surface area contributed by atoms with Gasteiger partial charge < -0.3 is 0 Å². The second kappa shape index (κ2) is 5.72. The number of hydrogen-bond acceptors (Lipinski definition) is 0. The summed E-state index contributed by atoms with van der Waals surface area (Å²) < 4.78 is 0. The Morgan fingerprint density at radius 1 is 1.22 bits per heavy atom. The van der Waals surface area contributed by atoms with Crippen molar-refractivity contribution in [1.29, 1.82) is 0 Å². The van der Waals surface area contributed by atoms with Crippen LogP contribution in [0.1, 0.15) is 33.1 Å². The van der Waals surface area contributed by atoms with Gasteiger partial charge in [-0.1, -0.05) is 45.7 Å². The fourth-order valence-corrected chi connectivity index (χ4v) is 1.14. The van der Waals surface area contributed by atoms with Crippen LogP contribution in [0.2, 0.25) is 0 Å². The molecule has 0 aromatic carbocycles. The van der Waals surface area contributed by atoms with Gasteiger partial charge in [0.1, 0.15) is 0 Å². The number of rotatable bonds is 4. The summed E-state index contributed by atoms with van der Waals surface area (Å²) in [5.74, 6) is 0. The molecule has 0 saturated heterocycles. The van der Waals surface area contributed by atoms with Crippen LogP contribution in [0.4, 0.5) is 0 Å². The third-order valence-electron chi connectivity index (χ3n) is 1.32. The van der Waals surface area contributed by atoms with Crippen LogP contribution in [0.15, 0.2) is 0 Å². The van der Waals surface area contributed by atoms with Gasteiger partial charge in [-0.15, -0.1) is 0 Å². The van der Waals surface area contributed by atoms with E-state index < -0.39 is 0 Å². The minimum absolute atomic E-state index is 0.670. The molecule has 0 rings (SSSR count). The van der Waals surface area contributed by atoms with E-state index in [-0.39, 0.29) is 0 Å². The average Bonchev–Trinajstić information content (AvgIpc) is 1.83. The molecular formula is C7H14Br2. The molecule has 0 spiro atoms. The van der Waals surface area contributed by atoms with E-state index in [1.54, 1.807) is 0 Å². The van der Waals surface area contributed by atoms with Crippen molar-refractivity contribution in [2.24, 2.45) is 0 Å². The molecule has 0 saturated carbocycles. The van der Waals surface area contributed by atoms with Crippen molar-refractivity contribution < 1.29 is 0 Å². The predicted molar refractivity (Wildman–Crippen MR) is 50.6 cm³/mol. The van der Waals surface area contributed by atoms with Crippen LogP contribution in [0.5, 0.6) is 0 Å². The standard InChI is InChI=1S/C7H14Br2/c1-3-7(9)5-4-6(2)8/h6-7H,3-5H2,1-2H3. The maximum atomic E-state index is 3.58. The third kappa shape index (κ3) is 6.85. The van der Waals surface area contributed by atoms with E-state index >= 15 is 0 Å². The number of hydrogen-bond donors (Lipinski definition) is 0. The quantitative estimate of drug-likeness (QED) is 0.674. The van der Waals surface area contributed by atoms with Gasteiger partial charge >= 0.3 is 0 Å². The normalized spacial score (nSPS) is 17.3. The monoisotopic (exact) mass is 256 g/mol. The van der Waals surface area contributed by atoms with Crippen molar-refractivity contribution in [2.45, 2.75) is 42.8 Å². The summed E-state index contributed by atoms with van der Waals surface area (Å²) in [6.45, 7) is 4.40. The lowest BCUT2D eigenvalue weighted by atomic mass is 10.2. The van der Waals surface area contributed by atoms with Crippen molar-refractivity contribution in [3.8, 4) is 0 Å². The molecule has 56 valence electrons. The molecule has 2 atom stereocenters. The Kier molecular flexibility index (Phi) is 6.33. The van der Waals surface area contributed by atoms with Gasteiger partial charge in [-0.3, -0.25) is 0 Å². The molecule has 0 aromatic heterocycles. The Labute approximate surface area is 74.7 Å². The largest absolute Gasteiger partial charge is 0.0894 e. The molecule has 0 aromatic rings. The van der Waals surface area contributed by atoms with E-state index in [9.17, 15) is 0 Å². The Hall–Kier alpha value is 0.960. The lowest BCUT2D eigenvalue weighted by Gasteiger charge is -2.06. The summed E-state index contributed by atoms with van der Waals surface area (Å²) in [6, 6.07) is 0. The zero-order valence-electron chi connectivity index (χ0n) is 6.03. The SMILES string of the molecule is CCC(Br)CCC(C)Br. The van der Waals surface area contributed by atoms with E-state index in [1.165, 1.54) is 19.3 Å².